The van der Waals surface area contributed by atoms with Gasteiger partial charge in [-0.1, -0.05) is 98.7 Å². The molecule has 0 aliphatic rings. The summed E-state index contributed by atoms with van der Waals surface area (Å²) in [6.07, 6.45) is 9.75. The molecular formula is C26H26. The molecule has 26 heavy (non-hydrogen) atoms. The van der Waals surface area contributed by atoms with Gasteiger partial charge < -0.3 is 0 Å². The van der Waals surface area contributed by atoms with E-state index in [-0.39, 0.29) is 0 Å². The normalized spacial score (nSPS) is 12.8. The molecule has 0 N–H and O–H groups in total. The third-order valence-electron chi connectivity index (χ3n) is 4.29. The molecular weight excluding hydrogens is 312 g/mol. The molecule has 0 heteroatoms. The third kappa shape index (κ3) is 4.10. The monoisotopic (exact) mass is 338 g/mol. The molecule has 0 aliphatic heterocycles. The van der Waals surface area contributed by atoms with Gasteiger partial charge in [-0.25, -0.2) is 0 Å². The van der Waals surface area contributed by atoms with Crippen molar-refractivity contribution in [2.45, 2.75) is 13.8 Å². The minimum absolute atomic E-state index is 0.843. The van der Waals surface area contributed by atoms with Crippen LogP contribution in [0.4, 0.5) is 0 Å². The highest BCUT2D eigenvalue weighted by Gasteiger charge is 2.15. The molecule has 0 saturated heterocycles. The summed E-state index contributed by atoms with van der Waals surface area (Å²) < 4.78 is 0. The van der Waals surface area contributed by atoms with Crippen molar-refractivity contribution in [2.24, 2.45) is 0 Å². The molecule has 0 bridgehead atoms. The van der Waals surface area contributed by atoms with Crippen LogP contribution in [0.15, 0.2) is 121 Å². The fraction of sp³-hybridized carbons (Fsp3) is 0.0769. The molecule has 2 aromatic carbocycles. The smallest absolute Gasteiger partial charge is 0.00306 e. The largest absolute Gasteiger partial charge is 0.0985 e. The van der Waals surface area contributed by atoms with E-state index < -0.39 is 0 Å². The second-order valence-electron chi connectivity index (χ2n) is 6.17. The van der Waals surface area contributed by atoms with Crippen LogP contribution < -0.4 is 0 Å². The van der Waals surface area contributed by atoms with Crippen molar-refractivity contribution in [3.05, 3.63) is 127 Å². The van der Waals surface area contributed by atoms with Crippen LogP contribution in [0, 0.1) is 0 Å². The molecule has 0 spiro atoms. The van der Waals surface area contributed by atoms with Crippen molar-refractivity contribution in [2.75, 3.05) is 0 Å². The molecule has 0 nitrogen and oxygen atoms in total. The van der Waals surface area contributed by atoms with Gasteiger partial charge in [0, 0.05) is 0 Å². The van der Waals surface area contributed by atoms with E-state index in [0.29, 0.717) is 0 Å². The first-order valence-electron chi connectivity index (χ1n) is 8.70. The van der Waals surface area contributed by atoms with Gasteiger partial charge in [-0.15, -0.1) is 0 Å². The summed E-state index contributed by atoms with van der Waals surface area (Å²) in [7, 11) is 0. The number of hydrogen-bond acceptors (Lipinski definition) is 0. The second kappa shape index (κ2) is 8.82. The molecule has 0 unspecified atom stereocenters. The van der Waals surface area contributed by atoms with Gasteiger partial charge in [0.25, 0.3) is 0 Å². The van der Waals surface area contributed by atoms with Gasteiger partial charge >= 0.3 is 0 Å². The van der Waals surface area contributed by atoms with Crippen LogP contribution in [-0.2, 0) is 0 Å². The Hall–Kier alpha value is -3.12. The first-order valence-corrected chi connectivity index (χ1v) is 8.70. The summed E-state index contributed by atoms with van der Waals surface area (Å²) in [6, 6.07) is 14.9. The first kappa shape index (κ1) is 19.2. The van der Waals surface area contributed by atoms with Crippen LogP contribution in [0.1, 0.15) is 19.4 Å². The molecule has 0 aliphatic carbocycles. The number of fused-ring (bicyclic) bond motifs is 1. The quantitative estimate of drug-likeness (QED) is 0.456. The van der Waals surface area contributed by atoms with Crippen molar-refractivity contribution in [1.82, 2.24) is 0 Å². The molecule has 130 valence electrons. The second-order valence-corrected chi connectivity index (χ2v) is 6.17. The van der Waals surface area contributed by atoms with Crippen molar-refractivity contribution in [1.29, 1.82) is 0 Å². The number of allylic oxidation sites excluding steroid dienone is 10. The number of rotatable bonds is 7. The van der Waals surface area contributed by atoms with Crippen molar-refractivity contribution in [3.8, 4) is 0 Å². The summed E-state index contributed by atoms with van der Waals surface area (Å²) in [5.41, 5.74) is 6.05. The lowest BCUT2D eigenvalue weighted by Crippen LogP contribution is -1.98. The average Bonchev–Trinajstić information content (AvgIpc) is 2.66. The van der Waals surface area contributed by atoms with E-state index in [9.17, 15) is 0 Å². The Labute approximate surface area is 157 Å². The molecule has 2 rings (SSSR count). The zero-order valence-corrected chi connectivity index (χ0v) is 15.8. The van der Waals surface area contributed by atoms with Gasteiger partial charge in [0.2, 0.25) is 0 Å². The molecule has 0 heterocycles. The molecule has 0 atom stereocenters. The summed E-state index contributed by atoms with van der Waals surface area (Å²) in [4.78, 5) is 0. The lowest BCUT2D eigenvalue weighted by molar-refractivity contribution is 1.42. The van der Waals surface area contributed by atoms with Crippen LogP contribution in [0.5, 0.6) is 0 Å². The molecule has 0 saturated carbocycles. The average molecular weight is 338 g/mol. The van der Waals surface area contributed by atoms with Gasteiger partial charge in [-0.3, -0.25) is 0 Å². The highest BCUT2D eigenvalue weighted by atomic mass is 14.2. The Bertz CT molecular complexity index is 958. The Kier molecular flexibility index (Phi) is 6.52. The Balaban J connectivity index is 2.87. The SMILES string of the molecule is C=CC(=C)\C(C=C)=C(/C(=C/C=C\C)C(=C)C)c1ccc2ccccc2c1. The Morgan fingerprint density at radius 3 is 2.19 bits per heavy atom. The maximum Gasteiger partial charge on any atom is -0.00306 e. The summed E-state index contributed by atoms with van der Waals surface area (Å²) in [6.45, 7) is 20.3. The first-order chi connectivity index (χ1) is 12.5. The molecule has 0 radical (unpaired) electrons. The summed E-state index contributed by atoms with van der Waals surface area (Å²) in [5.74, 6) is 0. The topological polar surface area (TPSA) is 0 Å². The third-order valence-corrected chi connectivity index (χ3v) is 4.29. The highest BCUT2D eigenvalue weighted by Crippen LogP contribution is 2.35. The van der Waals surface area contributed by atoms with E-state index in [4.69, 9.17) is 0 Å². The summed E-state index contributed by atoms with van der Waals surface area (Å²) >= 11 is 0. The van der Waals surface area contributed by atoms with E-state index in [1.54, 1.807) is 6.08 Å². The van der Waals surface area contributed by atoms with E-state index in [2.05, 4.69) is 74.9 Å². The van der Waals surface area contributed by atoms with Gasteiger partial charge in [-0.2, -0.15) is 0 Å². The predicted molar refractivity (Wildman–Crippen MR) is 118 cm³/mol. The lowest BCUT2D eigenvalue weighted by Gasteiger charge is -2.18. The fourth-order valence-corrected chi connectivity index (χ4v) is 2.94. The van der Waals surface area contributed by atoms with E-state index in [1.165, 1.54) is 10.8 Å². The van der Waals surface area contributed by atoms with Gasteiger partial charge in [0.05, 0.1) is 0 Å². The fourth-order valence-electron chi connectivity index (χ4n) is 2.94. The number of hydrogen-bond donors (Lipinski definition) is 0. The van der Waals surface area contributed by atoms with Crippen molar-refractivity contribution in [3.63, 3.8) is 0 Å². The zero-order valence-electron chi connectivity index (χ0n) is 15.8. The van der Waals surface area contributed by atoms with Crippen LogP contribution in [0.2, 0.25) is 0 Å². The van der Waals surface area contributed by atoms with Crippen LogP contribution in [0.3, 0.4) is 0 Å². The minimum atomic E-state index is 0.843. The van der Waals surface area contributed by atoms with Gasteiger partial charge in [-0.05, 0) is 58.5 Å². The van der Waals surface area contributed by atoms with Gasteiger partial charge in [0.1, 0.15) is 0 Å². The molecule has 2 aromatic rings. The minimum Gasteiger partial charge on any atom is -0.0985 e. The summed E-state index contributed by atoms with van der Waals surface area (Å²) in [5, 5.41) is 2.41. The van der Waals surface area contributed by atoms with E-state index in [1.807, 2.05) is 32.1 Å². The maximum absolute atomic E-state index is 4.19. The standard InChI is InChI=1S/C26H26/c1-7-10-15-25(19(4)5)26(24(9-3)20(6)8-2)23-17-16-21-13-11-12-14-22(21)18-23/h7-18H,2-4,6H2,1,5H3/b10-7-,25-15+,26-24-. The number of benzene rings is 2. The molecule has 0 amide bonds. The van der Waals surface area contributed by atoms with E-state index >= 15 is 0 Å². The maximum atomic E-state index is 4.19. The molecule has 0 fully saturated rings. The van der Waals surface area contributed by atoms with E-state index in [0.717, 1.165) is 33.4 Å². The van der Waals surface area contributed by atoms with Crippen molar-refractivity contribution < 1.29 is 0 Å². The lowest BCUT2D eigenvalue weighted by atomic mass is 9.86. The zero-order chi connectivity index (χ0) is 19.1. The Morgan fingerprint density at radius 2 is 1.62 bits per heavy atom. The van der Waals surface area contributed by atoms with Crippen LogP contribution >= 0.6 is 0 Å². The molecule has 0 aromatic heterocycles. The van der Waals surface area contributed by atoms with Crippen LogP contribution in [-0.4, -0.2) is 0 Å². The Morgan fingerprint density at radius 1 is 0.923 bits per heavy atom. The van der Waals surface area contributed by atoms with Crippen molar-refractivity contribution >= 4 is 16.3 Å². The predicted octanol–water partition coefficient (Wildman–Crippen LogP) is 7.60. The highest BCUT2D eigenvalue weighted by molar-refractivity contribution is 5.94. The van der Waals surface area contributed by atoms with Gasteiger partial charge in [0.15, 0.2) is 0 Å². The van der Waals surface area contributed by atoms with Crippen LogP contribution in [0.25, 0.3) is 16.3 Å².